The molecule has 0 saturated heterocycles. The molecular formula is C29H31Cl3N2O2S. The molecule has 0 bridgehead atoms. The molecule has 0 aliphatic rings. The van der Waals surface area contributed by atoms with Gasteiger partial charge in [-0.2, -0.15) is 0 Å². The second-order valence-electron chi connectivity index (χ2n) is 8.87. The molecule has 2 amide bonds. The van der Waals surface area contributed by atoms with Crippen molar-refractivity contribution in [2.75, 3.05) is 5.75 Å². The van der Waals surface area contributed by atoms with E-state index >= 15 is 0 Å². The molecule has 0 aromatic heterocycles. The van der Waals surface area contributed by atoms with Crippen LogP contribution in [0.1, 0.15) is 37.0 Å². The molecule has 0 fully saturated rings. The minimum atomic E-state index is -0.733. The molecule has 2 atom stereocenters. The lowest BCUT2D eigenvalue weighted by Crippen LogP contribution is -2.52. The van der Waals surface area contributed by atoms with Gasteiger partial charge in [0.05, 0.1) is 5.75 Å². The van der Waals surface area contributed by atoms with Crippen LogP contribution in [0.3, 0.4) is 0 Å². The molecule has 0 aliphatic heterocycles. The summed E-state index contributed by atoms with van der Waals surface area (Å²) in [5, 5.41) is 4.64. The fraction of sp³-hybridized carbons (Fsp3) is 0.310. The molecule has 0 heterocycles. The zero-order valence-electron chi connectivity index (χ0n) is 20.9. The Hall–Kier alpha value is -2.18. The molecule has 196 valence electrons. The Morgan fingerprint density at radius 3 is 2.22 bits per heavy atom. The number of hydrogen-bond acceptors (Lipinski definition) is 3. The molecule has 4 nitrogen and oxygen atoms in total. The maximum atomic E-state index is 13.7. The predicted molar refractivity (Wildman–Crippen MR) is 156 cm³/mol. The summed E-state index contributed by atoms with van der Waals surface area (Å²) in [7, 11) is 0. The topological polar surface area (TPSA) is 49.4 Å². The zero-order valence-corrected chi connectivity index (χ0v) is 24.0. The first-order valence-electron chi connectivity index (χ1n) is 12.2. The molecular weight excluding hydrogens is 547 g/mol. The van der Waals surface area contributed by atoms with Gasteiger partial charge in [0.2, 0.25) is 11.8 Å². The summed E-state index contributed by atoms with van der Waals surface area (Å²) in [6, 6.07) is 21.8. The van der Waals surface area contributed by atoms with E-state index in [0.717, 1.165) is 17.5 Å². The van der Waals surface area contributed by atoms with Gasteiger partial charge in [-0.25, -0.2) is 0 Å². The molecule has 0 radical (unpaired) electrons. The van der Waals surface area contributed by atoms with Gasteiger partial charge in [0, 0.05) is 45.4 Å². The Morgan fingerprint density at radius 1 is 0.919 bits per heavy atom. The summed E-state index contributed by atoms with van der Waals surface area (Å²) in [6.07, 6.45) is 1.15. The van der Waals surface area contributed by atoms with E-state index in [4.69, 9.17) is 34.8 Å². The van der Waals surface area contributed by atoms with E-state index < -0.39 is 6.04 Å². The fourth-order valence-electron chi connectivity index (χ4n) is 3.81. The average Bonchev–Trinajstić information content (AvgIpc) is 2.88. The van der Waals surface area contributed by atoms with Crippen molar-refractivity contribution < 1.29 is 9.59 Å². The van der Waals surface area contributed by atoms with Crippen molar-refractivity contribution in [3.8, 4) is 0 Å². The van der Waals surface area contributed by atoms with Crippen LogP contribution >= 0.6 is 46.6 Å². The average molecular weight is 578 g/mol. The largest absolute Gasteiger partial charge is 0.352 e. The van der Waals surface area contributed by atoms with Crippen LogP contribution in [-0.2, 0) is 28.3 Å². The summed E-state index contributed by atoms with van der Waals surface area (Å²) >= 11 is 20.6. The number of carbonyl (C=O) groups excluding carboxylic acids is 2. The third kappa shape index (κ3) is 8.96. The summed E-state index contributed by atoms with van der Waals surface area (Å²) in [5.41, 5.74) is 2.61. The predicted octanol–water partition coefficient (Wildman–Crippen LogP) is 7.43. The quantitative estimate of drug-likeness (QED) is 0.243. The van der Waals surface area contributed by atoms with Crippen LogP contribution in [0.4, 0.5) is 0 Å². The van der Waals surface area contributed by atoms with E-state index in [2.05, 4.69) is 5.32 Å². The van der Waals surface area contributed by atoms with Crippen LogP contribution < -0.4 is 5.32 Å². The van der Waals surface area contributed by atoms with Gasteiger partial charge in [-0.05, 0) is 48.7 Å². The van der Waals surface area contributed by atoms with Gasteiger partial charge in [-0.3, -0.25) is 9.59 Å². The smallest absolute Gasteiger partial charge is 0.243 e. The van der Waals surface area contributed by atoms with Gasteiger partial charge in [-0.1, -0.05) is 90.3 Å². The van der Waals surface area contributed by atoms with Crippen molar-refractivity contribution in [1.29, 1.82) is 0 Å². The molecule has 3 aromatic rings. The van der Waals surface area contributed by atoms with E-state index in [1.54, 1.807) is 23.1 Å². The Labute approximate surface area is 238 Å². The van der Waals surface area contributed by atoms with Gasteiger partial charge in [0.25, 0.3) is 0 Å². The van der Waals surface area contributed by atoms with E-state index in [1.165, 1.54) is 11.8 Å². The first-order valence-corrected chi connectivity index (χ1v) is 14.5. The van der Waals surface area contributed by atoms with Crippen molar-refractivity contribution in [1.82, 2.24) is 10.2 Å². The number of thioether (sulfide) groups is 1. The lowest BCUT2D eigenvalue weighted by Gasteiger charge is -2.32. The highest BCUT2D eigenvalue weighted by Gasteiger charge is 2.31. The van der Waals surface area contributed by atoms with Crippen LogP contribution in [0.15, 0.2) is 72.8 Å². The van der Waals surface area contributed by atoms with E-state index in [1.807, 2.05) is 68.4 Å². The molecule has 2 unspecified atom stereocenters. The second-order valence-corrected chi connectivity index (χ2v) is 11.1. The maximum Gasteiger partial charge on any atom is 0.243 e. The highest BCUT2D eigenvalue weighted by Crippen LogP contribution is 2.28. The Balaban J connectivity index is 1.90. The first-order chi connectivity index (χ1) is 17.8. The van der Waals surface area contributed by atoms with E-state index in [0.29, 0.717) is 32.8 Å². The van der Waals surface area contributed by atoms with Gasteiger partial charge in [-0.15, -0.1) is 11.8 Å². The Kier molecular flexibility index (Phi) is 11.7. The highest BCUT2D eigenvalue weighted by molar-refractivity contribution is 7.99. The van der Waals surface area contributed by atoms with Crippen LogP contribution in [0, 0.1) is 0 Å². The molecule has 37 heavy (non-hydrogen) atoms. The fourth-order valence-corrected chi connectivity index (χ4v) is 5.40. The number of rotatable bonds is 12. The van der Waals surface area contributed by atoms with Crippen molar-refractivity contribution in [2.24, 2.45) is 0 Å². The molecule has 0 aliphatic carbocycles. The number of amides is 2. The van der Waals surface area contributed by atoms with Crippen LogP contribution in [0.2, 0.25) is 15.1 Å². The number of nitrogens with one attached hydrogen (secondary N) is 1. The monoisotopic (exact) mass is 576 g/mol. The summed E-state index contributed by atoms with van der Waals surface area (Å²) in [4.78, 5) is 28.9. The van der Waals surface area contributed by atoms with E-state index in [9.17, 15) is 9.59 Å². The van der Waals surface area contributed by atoms with Crippen LogP contribution in [0.25, 0.3) is 0 Å². The summed E-state index contributed by atoms with van der Waals surface area (Å²) in [6.45, 7) is 4.09. The standard InChI is InChI=1S/C29H31Cl3N2O2S/c1-3-20(2)33-29(36)27(16-21-9-5-4-6-10-21)34(17-24-25(31)13-8-14-26(24)32)28(35)19-37-18-22-11-7-12-23(30)15-22/h4-15,20,27H,3,16-19H2,1-2H3,(H,33,36). The number of carbonyl (C=O) groups is 2. The lowest BCUT2D eigenvalue weighted by molar-refractivity contribution is -0.139. The number of benzene rings is 3. The normalized spacial score (nSPS) is 12.6. The van der Waals surface area contributed by atoms with Crippen molar-refractivity contribution in [3.05, 3.63) is 105 Å². The van der Waals surface area contributed by atoms with Crippen LogP contribution in [0.5, 0.6) is 0 Å². The molecule has 1 N–H and O–H groups in total. The van der Waals surface area contributed by atoms with Gasteiger partial charge in [0.15, 0.2) is 0 Å². The zero-order chi connectivity index (χ0) is 26.8. The third-order valence-electron chi connectivity index (χ3n) is 6.05. The van der Waals surface area contributed by atoms with Crippen molar-refractivity contribution in [3.63, 3.8) is 0 Å². The van der Waals surface area contributed by atoms with Crippen LogP contribution in [-0.4, -0.2) is 34.6 Å². The minimum Gasteiger partial charge on any atom is -0.352 e. The lowest BCUT2D eigenvalue weighted by atomic mass is 10.0. The Morgan fingerprint density at radius 2 is 1.57 bits per heavy atom. The maximum absolute atomic E-state index is 13.7. The van der Waals surface area contributed by atoms with Crippen molar-refractivity contribution >= 4 is 58.4 Å². The van der Waals surface area contributed by atoms with E-state index in [-0.39, 0.29) is 30.2 Å². The summed E-state index contributed by atoms with van der Waals surface area (Å²) in [5.74, 6) is 0.448. The number of halogens is 3. The van der Waals surface area contributed by atoms with Gasteiger partial charge < -0.3 is 10.2 Å². The molecule has 3 aromatic carbocycles. The molecule has 3 rings (SSSR count). The Bertz CT molecular complexity index is 1170. The number of nitrogens with zero attached hydrogens (tertiary/aromatic N) is 1. The summed E-state index contributed by atoms with van der Waals surface area (Å²) < 4.78 is 0. The SMILES string of the molecule is CCC(C)NC(=O)C(Cc1ccccc1)N(Cc1c(Cl)cccc1Cl)C(=O)CSCc1cccc(Cl)c1. The molecule has 0 saturated carbocycles. The van der Waals surface area contributed by atoms with Crippen molar-refractivity contribution in [2.45, 2.75) is 51.1 Å². The third-order valence-corrected chi connectivity index (χ3v) is 7.98. The first kappa shape index (κ1) is 29.4. The molecule has 8 heteroatoms. The second kappa shape index (κ2) is 14.7. The number of hydrogen-bond donors (Lipinski definition) is 1. The van der Waals surface area contributed by atoms with Gasteiger partial charge >= 0.3 is 0 Å². The minimum absolute atomic E-state index is 0.0242. The van der Waals surface area contributed by atoms with Gasteiger partial charge in [0.1, 0.15) is 6.04 Å². The molecule has 0 spiro atoms. The highest BCUT2D eigenvalue weighted by atomic mass is 35.5.